The third kappa shape index (κ3) is 2.44. The van der Waals surface area contributed by atoms with Crippen LogP contribution in [-0.2, 0) is 0 Å². The highest BCUT2D eigenvalue weighted by Crippen LogP contribution is 2.22. The highest BCUT2D eigenvalue weighted by molar-refractivity contribution is 5.83. The Hall–Kier alpha value is -2.89. The number of nitrogens with one attached hydrogen (secondary N) is 1. The zero-order chi connectivity index (χ0) is 13.9. The largest absolute Gasteiger partial charge is 0.481 e. The van der Waals surface area contributed by atoms with Crippen LogP contribution in [0.3, 0.4) is 0 Å². The molecule has 6 nitrogen and oxygen atoms in total. The Morgan fingerprint density at radius 3 is 2.90 bits per heavy atom. The maximum atomic E-state index is 5.63. The van der Waals surface area contributed by atoms with Crippen molar-refractivity contribution in [2.24, 2.45) is 0 Å². The van der Waals surface area contributed by atoms with Gasteiger partial charge in [-0.15, -0.1) is 0 Å². The van der Waals surface area contributed by atoms with Gasteiger partial charge in [0.25, 0.3) is 0 Å². The van der Waals surface area contributed by atoms with Crippen LogP contribution in [0.5, 0.6) is 5.88 Å². The lowest BCUT2D eigenvalue weighted by Gasteiger charge is -2.08. The van der Waals surface area contributed by atoms with Gasteiger partial charge in [-0.2, -0.15) is 9.97 Å². The van der Waals surface area contributed by atoms with E-state index in [2.05, 4.69) is 20.3 Å². The molecular formula is C14H13N5O. The molecule has 0 radical (unpaired) electrons. The fourth-order valence-corrected chi connectivity index (χ4v) is 1.91. The van der Waals surface area contributed by atoms with Gasteiger partial charge in [0.1, 0.15) is 5.82 Å². The number of hydrogen-bond acceptors (Lipinski definition) is 6. The summed E-state index contributed by atoms with van der Waals surface area (Å²) in [6.07, 6.45) is 1.77. The van der Waals surface area contributed by atoms with Gasteiger partial charge in [0.15, 0.2) is 0 Å². The van der Waals surface area contributed by atoms with Crippen molar-refractivity contribution in [2.75, 3.05) is 18.2 Å². The van der Waals surface area contributed by atoms with Crippen molar-refractivity contribution in [1.29, 1.82) is 0 Å². The third-order valence-electron chi connectivity index (χ3n) is 2.80. The first-order valence-corrected chi connectivity index (χ1v) is 6.05. The molecule has 0 bridgehead atoms. The summed E-state index contributed by atoms with van der Waals surface area (Å²) in [5.74, 6) is 1.16. The molecule has 3 N–H and O–H groups in total. The molecular weight excluding hydrogens is 254 g/mol. The molecule has 2 heterocycles. The summed E-state index contributed by atoms with van der Waals surface area (Å²) in [6.45, 7) is 0. The predicted molar refractivity (Wildman–Crippen MR) is 78.0 cm³/mol. The summed E-state index contributed by atoms with van der Waals surface area (Å²) < 4.78 is 5.06. The lowest BCUT2D eigenvalue weighted by atomic mass is 10.2. The zero-order valence-electron chi connectivity index (χ0n) is 10.9. The molecule has 0 saturated carbocycles. The van der Waals surface area contributed by atoms with E-state index in [0.717, 1.165) is 16.6 Å². The van der Waals surface area contributed by atoms with Crippen LogP contribution in [0.4, 0.5) is 17.5 Å². The number of nitrogens with two attached hydrogens (primary N) is 1. The van der Waals surface area contributed by atoms with E-state index in [0.29, 0.717) is 11.7 Å². The zero-order valence-corrected chi connectivity index (χ0v) is 10.9. The SMILES string of the molecule is COc1cc(Nc2ccc3ncccc3c2)nc(N)n1. The van der Waals surface area contributed by atoms with E-state index in [9.17, 15) is 0 Å². The van der Waals surface area contributed by atoms with Gasteiger partial charge in [-0.3, -0.25) is 4.98 Å². The number of rotatable bonds is 3. The normalized spacial score (nSPS) is 10.4. The van der Waals surface area contributed by atoms with Crippen LogP contribution < -0.4 is 15.8 Å². The predicted octanol–water partition coefficient (Wildman–Crippen LogP) is 2.36. The Kier molecular flexibility index (Phi) is 3.04. The Morgan fingerprint density at radius 1 is 1.15 bits per heavy atom. The smallest absolute Gasteiger partial charge is 0.225 e. The minimum atomic E-state index is 0.161. The van der Waals surface area contributed by atoms with Crippen molar-refractivity contribution >= 4 is 28.4 Å². The van der Waals surface area contributed by atoms with Crippen molar-refractivity contribution in [3.63, 3.8) is 0 Å². The van der Waals surface area contributed by atoms with Gasteiger partial charge in [-0.1, -0.05) is 6.07 Å². The molecule has 3 rings (SSSR count). The van der Waals surface area contributed by atoms with Gasteiger partial charge < -0.3 is 15.8 Å². The third-order valence-corrected chi connectivity index (χ3v) is 2.80. The van der Waals surface area contributed by atoms with Gasteiger partial charge in [-0.25, -0.2) is 0 Å². The van der Waals surface area contributed by atoms with Crippen LogP contribution >= 0.6 is 0 Å². The molecule has 0 aliphatic rings. The summed E-state index contributed by atoms with van der Waals surface area (Å²) in [6, 6.07) is 11.5. The van der Waals surface area contributed by atoms with Crippen LogP contribution in [0.2, 0.25) is 0 Å². The van der Waals surface area contributed by atoms with Crippen LogP contribution in [0.25, 0.3) is 10.9 Å². The number of fused-ring (bicyclic) bond motifs is 1. The lowest BCUT2D eigenvalue weighted by Crippen LogP contribution is -2.01. The number of methoxy groups -OCH3 is 1. The van der Waals surface area contributed by atoms with Crippen LogP contribution in [0, 0.1) is 0 Å². The molecule has 0 amide bonds. The molecule has 0 saturated heterocycles. The van der Waals surface area contributed by atoms with E-state index in [1.54, 1.807) is 12.3 Å². The quantitative estimate of drug-likeness (QED) is 0.757. The highest BCUT2D eigenvalue weighted by Gasteiger charge is 2.03. The molecule has 2 aromatic heterocycles. The summed E-state index contributed by atoms with van der Waals surface area (Å²) in [5.41, 5.74) is 7.46. The van der Waals surface area contributed by atoms with Gasteiger partial charge in [0, 0.05) is 23.3 Å². The van der Waals surface area contributed by atoms with E-state index in [4.69, 9.17) is 10.5 Å². The minimum Gasteiger partial charge on any atom is -0.481 e. The molecule has 0 aliphatic heterocycles. The summed E-state index contributed by atoms with van der Waals surface area (Å²) >= 11 is 0. The Bertz CT molecular complexity index is 759. The second-order valence-corrected chi connectivity index (χ2v) is 4.19. The van der Waals surface area contributed by atoms with Gasteiger partial charge >= 0.3 is 0 Å². The molecule has 0 unspecified atom stereocenters. The Morgan fingerprint density at radius 2 is 2.05 bits per heavy atom. The number of anilines is 3. The maximum Gasteiger partial charge on any atom is 0.225 e. The summed E-state index contributed by atoms with van der Waals surface area (Å²) in [5, 5.41) is 4.22. The van der Waals surface area contributed by atoms with Crippen LogP contribution in [-0.4, -0.2) is 22.1 Å². The number of hydrogen-bond donors (Lipinski definition) is 2. The number of pyridine rings is 1. The Labute approximate surface area is 115 Å². The maximum absolute atomic E-state index is 5.63. The lowest BCUT2D eigenvalue weighted by molar-refractivity contribution is 0.398. The second-order valence-electron chi connectivity index (χ2n) is 4.19. The standard InChI is InChI=1S/C14H13N5O/c1-20-13-8-12(18-14(15)19-13)17-10-4-5-11-9(7-10)3-2-6-16-11/h2-8H,1H3,(H3,15,17,18,19). The van der Waals surface area contributed by atoms with Crippen LogP contribution in [0.1, 0.15) is 0 Å². The van der Waals surface area contributed by atoms with Crippen molar-refractivity contribution < 1.29 is 4.74 Å². The average molecular weight is 267 g/mol. The first-order chi connectivity index (χ1) is 9.74. The van der Waals surface area contributed by atoms with Crippen molar-refractivity contribution in [2.45, 2.75) is 0 Å². The number of aromatic nitrogens is 3. The molecule has 0 aliphatic carbocycles. The summed E-state index contributed by atoms with van der Waals surface area (Å²) in [7, 11) is 1.53. The molecule has 20 heavy (non-hydrogen) atoms. The average Bonchev–Trinajstić information content (AvgIpc) is 2.46. The number of benzene rings is 1. The van der Waals surface area contributed by atoms with Crippen molar-refractivity contribution in [3.05, 3.63) is 42.6 Å². The van der Waals surface area contributed by atoms with E-state index in [1.807, 2.05) is 30.3 Å². The van der Waals surface area contributed by atoms with Crippen LogP contribution in [0.15, 0.2) is 42.6 Å². The monoisotopic (exact) mass is 267 g/mol. The molecule has 1 aromatic carbocycles. The molecule has 0 spiro atoms. The van der Waals surface area contributed by atoms with Gasteiger partial charge in [-0.05, 0) is 24.3 Å². The first-order valence-electron chi connectivity index (χ1n) is 6.05. The van der Waals surface area contributed by atoms with E-state index >= 15 is 0 Å². The van der Waals surface area contributed by atoms with E-state index in [1.165, 1.54) is 7.11 Å². The van der Waals surface area contributed by atoms with Gasteiger partial charge in [0.2, 0.25) is 11.8 Å². The fraction of sp³-hybridized carbons (Fsp3) is 0.0714. The second kappa shape index (κ2) is 5.00. The molecule has 6 heteroatoms. The number of nitrogen functional groups attached to an aromatic ring is 1. The number of nitrogens with zero attached hydrogens (tertiary/aromatic N) is 3. The topological polar surface area (TPSA) is 86.0 Å². The molecule has 100 valence electrons. The van der Waals surface area contributed by atoms with Gasteiger partial charge in [0.05, 0.1) is 12.6 Å². The minimum absolute atomic E-state index is 0.161. The van der Waals surface area contributed by atoms with Crippen molar-refractivity contribution in [3.8, 4) is 5.88 Å². The highest BCUT2D eigenvalue weighted by atomic mass is 16.5. The Balaban J connectivity index is 1.94. The molecule has 0 atom stereocenters. The summed E-state index contributed by atoms with van der Waals surface area (Å²) in [4.78, 5) is 12.3. The first kappa shape index (κ1) is 12.2. The molecule has 3 aromatic rings. The van der Waals surface area contributed by atoms with E-state index < -0.39 is 0 Å². The number of ether oxygens (including phenoxy) is 1. The van der Waals surface area contributed by atoms with E-state index in [-0.39, 0.29) is 5.95 Å². The fourth-order valence-electron chi connectivity index (χ4n) is 1.91. The van der Waals surface area contributed by atoms with Crippen molar-refractivity contribution in [1.82, 2.24) is 15.0 Å². The molecule has 0 fully saturated rings.